The fraction of sp³-hybridized carbons (Fsp3) is 0.258. The van der Waals surface area contributed by atoms with Gasteiger partial charge in [0.15, 0.2) is 0 Å². The molecular formula is C31H29ClN8. The number of pyridine rings is 2. The Kier molecular flexibility index (Phi) is 6.72. The van der Waals surface area contributed by atoms with E-state index in [1.807, 2.05) is 54.2 Å². The lowest BCUT2D eigenvalue weighted by Gasteiger charge is -2.23. The molecule has 0 amide bonds. The molecule has 2 atom stereocenters. The minimum atomic E-state index is -1.51. The average molecular weight is 550 g/mol. The van der Waals surface area contributed by atoms with Crippen LogP contribution < -0.4 is 10.6 Å². The molecule has 5 aromatic rings. The molecule has 3 aromatic heterocycles. The third-order valence-electron chi connectivity index (χ3n) is 7.21. The van der Waals surface area contributed by atoms with Crippen molar-refractivity contribution in [3.8, 4) is 6.07 Å². The Balaban J connectivity index is 1.47. The molecule has 200 valence electrons. The number of nitriles is 1. The van der Waals surface area contributed by atoms with E-state index in [0.29, 0.717) is 55.9 Å². The molecule has 0 saturated heterocycles. The molecule has 2 N–H and O–H groups in total. The number of aryl methyl sites for hydroxylation is 1. The van der Waals surface area contributed by atoms with E-state index in [4.69, 9.17) is 11.6 Å². The van der Waals surface area contributed by atoms with E-state index in [1.165, 1.54) is 0 Å². The van der Waals surface area contributed by atoms with Crippen LogP contribution in [0.5, 0.6) is 0 Å². The third-order valence-corrected chi connectivity index (χ3v) is 7.50. The maximum atomic E-state index is 10.0. The average Bonchev–Trinajstić information content (AvgIpc) is 3.71. The van der Waals surface area contributed by atoms with Crippen LogP contribution in [0, 0.1) is 18.3 Å². The first kappa shape index (κ1) is 24.6. The van der Waals surface area contributed by atoms with Gasteiger partial charge in [0.1, 0.15) is 11.8 Å². The number of anilines is 2. The lowest BCUT2D eigenvalue weighted by Crippen LogP contribution is -2.15. The Morgan fingerprint density at radius 1 is 1.15 bits per heavy atom. The molecule has 0 aliphatic heterocycles. The second-order valence-electron chi connectivity index (χ2n) is 9.98. The largest absolute Gasteiger partial charge is 0.377 e. The van der Waals surface area contributed by atoms with Crippen LogP contribution in [-0.2, 0) is 0 Å². The fourth-order valence-corrected chi connectivity index (χ4v) is 5.19. The Labute approximate surface area is 239 Å². The number of aromatic nitrogens is 5. The summed E-state index contributed by atoms with van der Waals surface area (Å²) in [5.41, 5.74) is 5.11. The van der Waals surface area contributed by atoms with Crippen molar-refractivity contribution in [1.29, 1.82) is 5.26 Å². The molecule has 0 radical (unpaired) electrons. The first-order chi connectivity index (χ1) is 19.9. The highest BCUT2D eigenvalue weighted by molar-refractivity contribution is 6.35. The van der Waals surface area contributed by atoms with Crippen LogP contribution in [0.3, 0.4) is 0 Å². The van der Waals surface area contributed by atoms with Gasteiger partial charge < -0.3 is 10.6 Å². The molecule has 8 nitrogen and oxygen atoms in total. The minimum absolute atomic E-state index is 0.0323. The van der Waals surface area contributed by atoms with Crippen molar-refractivity contribution in [3.05, 3.63) is 106 Å². The number of hydrogen-bond donors (Lipinski definition) is 2. The summed E-state index contributed by atoms with van der Waals surface area (Å²) in [5, 5.41) is 26.8. The van der Waals surface area contributed by atoms with Gasteiger partial charge in [-0.25, -0.2) is 4.68 Å². The summed E-state index contributed by atoms with van der Waals surface area (Å²) in [6.07, 6.45) is 8.00. The summed E-state index contributed by atoms with van der Waals surface area (Å²) in [4.78, 5) is 8.96. The normalized spacial score (nSPS) is 15.6. The Bertz CT molecular complexity index is 1760. The van der Waals surface area contributed by atoms with E-state index < -0.39 is 6.02 Å². The molecule has 6 rings (SSSR count). The predicted octanol–water partition coefficient (Wildman–Crippen LogP) is 7.15. The van der Waals surface area contributed by atoms with E-state index in [-0.39, 0.29) is 6.04 Å². The monoisotopic (exact) mass is 549 g/mol. The molecular weight excluding hydrogens is 520 g/mol. The van der Waals surface area contributed by atoms with Crippen molar-refractivity contribution in [1.82, 2.24) is 25.0 Å². The van der Waals surface area contributed by atoms with E-state index in [1.54, 1.807) is 18.5 Å². The summed E-state index contributed by atoms with van der Waals surface area (Å²) in [6, 6.07) is 18.5. The molecule has 9 heteroatoms. The third kappa shape index (κ3) is 5.08. The fourth-order valence-electron chi connectivity index (χ4n) is 4.92. The SMILES string of the molecule is [2H]C(Nc1cc(Cl)c2ncc(C#N)c(NC(CC)c3ccccc3)c2c1)(c1cn(C2CC2)nn1)c1cccnc1C. The van der Waals surface area contributed by atoms with E-state index >= 15 is 0 Å². The Hall–Kier alpha value is -4.48. The van der Waals surface area contributed by atoms with Gasteiger partial charge in [0.2, 0.25) is 0 Å². The number of nitrogens with zero attached hydrogens (tertiary/aromatic N) is 6. The maximum Gasteiger partial charge on any atom is 0.110 e. The zero-order chi connectivity index (χ0) is 28.6. The summed E-state index contributed by atoms with van der Waals surface area (Å²) < 4.78 is 11.6. The summed E-state index contributed by atoms with van der Waals surface area (Å²) >= 11 is 6.80. The molecule has 40 heavy (non-hydrogen) atoms. The predicted molar refractivity (Wildman–Crippen MR) is 157 cm³/mol. The summed E-state index contributed by atoms with van der Waals surface area (Å²) in [5.74, 6) is 0. The van der Waals surface area contributed by atoms with Crippen LogP contribution in [0.1, 0.15) is 73.7 Å². The van der Waals surface area contributed by atoms with Crippen LogP contribution in [0.4, 0.5) is 11.4 Å². The van der Waals surface area contributed by atoms with E-state index in [9.17, 15) is 6.63 Å². The second-order valence-corrected chi connectivity index (χ2v) is 10.4. The zero-order valence-corrected chi connectivity index (χ0v) is 23.0. The minimum Gasteiger partial charge on any atom is -0.377 e. The smallest absolute Gasteiger partial charge is 0.110 e. The number of nitrogens with one attached hydrogen (secondary N) is 2. The van der Waals surface area contributed by atoms with Gasteiger partial charge in [-0.2, -0.15) is 5.26 Å². The highest BCUT2D eigenvalue weighted by Crippen LogP contribution is 2.38. The number of fused-ring (bicyclic) bond motifs is 1. The summed E-state index contributed by atoms with van der Waals surface area (Å²) in [6.45, 7) is 3.97. The van der Waals surface area contributed by atoms with Crippen LogP contribution in [0.15, 0.2) is 73.2 Å². The number of benzene rings is 2. The lowest BCUT2D eigenvalue weighted by molar-refractivity contribution is 0.610. The Morgan fingerprint density at radius 3 is 2.70 bits per heavy atom. The zero-order valence-electron chi connectivity index (χ0n) is 23.3. The van der Waals surface area contributed by atoms with E-state index in [0.717, 1.165) is 24.8 Å². The Morgan fingerprint density at radius 2 is 1.98 bits per heavy atom. The lowest BCUT2D eigenvalue weighted by atomic mass is 10.0. The molecule has 3 heterocycles. The highest BCUT2D eigenvalue weighted by atomic mass is 35.5. The van der Waals surface area contributed by atoms with Gasteiger partial charge in [-0.1, -0.05) is 60.1 Å². The van der Waals surface area contributed by atoms with Gasteiger partial charge in [0, 0.05) is 34.7 Å². The first-order valence-corrected chi connectivity index (χ1v) is 13.8. The standard InChI is InChI=1S/C31H29ClN8/c1-3-27(20-8-5-4-6-9-20)37-29-21(16-33)17-35-30-25(29)14-22(15-26(30)32)36-31(24-10-7-13-34-19(24)2)28-18-40(39-38-28)23-11-12-23/h4-10,13-15,17-18,23,27,31,36H,3,11-12H2,1-2H3,(H,35,37)/i31D. The molecule has 1 saturated carbocycles. The van der Waals surface area contributed by atoms with Gasteiger partial charge >= 0.3 is 0 Å². The summed E-state index contributed by atoms with van der Waals surface area (Å²) in [7, 11) is 0. The van der Waals surface area contributed by atoms with Crippen molar-refractivity contribution in [3.63, 3.8) is 0 Å². The molecule has 1 aliphatic rings. The highest BCUT2D eigenvalue weighted by Gasteiger charge is 2.28. The molecule has 2 unspecified atom stereocenters. The number of rotatable bonds is 9. The van der Waals surface area contributed by atoms with Gasteiger partial charge in [0.25, 0.3) is 0 Å². The van der Waals surface area contributed by atoms with Gasteiger partial charge in [-0.15, -0.1) is 5.10 Å². The van der Waals surface area contributed by atoms with Crippen LogP contribution >= 0.6 is 11.6 Å². The first-order valence-electron chi connectivity index (χ1n) is 13.9. The molecule has 0 bridgehead atoms. The van der Waals surface area contributed by atoms with Crippen LogP contribution in [-0.4, -0.2) is 25.0 Å². The topological polar surface area (TPSA) is 104 Å². The molecule has 2 aromatic carbocycles. The van der Waals surface area contributed by atoms with Crippen molar-refractivity contribution in [2.75, 3.05) is 10.6 Å². The van der Waals surface area contributed by atoms with E-state index in [2.05, 4.69) is 56.0 Å². The second kappa shape index (κ2) is 10.9. The van der Waals surface area contributed by atoms with Crippen molar-refractivity contribution in [2.24, 2.45) is 0 Å². The quantitative estimate of drug-likeness (QED) is 0.201. The number of halogens is 1. The molecule has 1 fully saturated rings. The van der Waals surface area contributed by atoms with Gasteiger partial charge in [0.05, 0.1) is 47.5 Å². The van der Waals surface area contributed by atoms with Gasteiger partial charge in [-0.3, -0.25) is 9.97 Å². The van der Waals surface area contributed by atoms with Crippen LogP contribution in [0.25, 0.3) is 10.9 Å². The van der Waals surface area contributed by atoms with Crippen LogP contribution in [0.2, 0.25) is 5.02 Å². The van der Waals surface area contributed by atoms with Gasteiger partial charge in [-0.05, 0) is 49.9 Å². The van der Waals surface area contributed by atoms with Crippen molar-refractivity contribution < 1.29 is 1.37 Å². The molecule has 1 aliphatic carbocycles. The van der Waals surface area contributed by atoms with Crippen molar-refractivity contribution >= 4 is 33.9 Å². The number of hydrogen-bond acceptors (Lipinski definition) is 7. The maximum absolute atomic E-state index is 10.0. The van der Waals surface area contributed by atoms with Crippen molar-refractivity contribution in [2.45, 2.75) is 51.2 Å². The molecule has 0 spiro atoms.